The number of benzene rings is 3. The largest absolute Gasteiger partial charge is 0.489 e. The van der Waals surface area contributed by atoms with Gasteiger partial charge in [-0.25, -0.2) is 4.68 Å². The first-order valence-corrected chi connectivity index (χ1v) is 15.7. The van der Waals surface area contributed by atoms with E-state index in [0.717, 1.165) is 10.2 Å². The Balaban J connectivity index is 1.67. The highest BCUT2D eigenvalue weighted by atomic mass is 35.5. The van der Waals surface area contributed by atoms with Crippen molar-refractivity contribution in [2.45, 2.75) is 78.7 Å². The molecule has 0 fully saturated rings. The summed E-state index contributed by atoms with van der Waals surface area (Å²) >= 11 is 12.2. The highest BCUT2D eigenvalue weighted by Gasteiger charge is 2.52. The number of hydrogen-bond acceptors (Lipinski definition) is 9. The van der Waals surface area contributed by atoms with Crippen molar-refractivity contribution < 1.29 is 28.6 Å². The molecule has 4 rings (SSSR count). The van der Waals surface area contributed by atoms with Crippen LogP contribution in [0.15, 0.2) is 71.5 Å². The Hall–Kier alpha value is -4.28. The average Bonchev–Trinajstić information content (AvgIpc) is 2.97. The van der Waals surface area contributed by atoms with Crippen LogP contribution in [0.3, 0.4) is 0 Å². The van der Waals surface area contributed by atoms with E-state index < -0.39 is 46.3 Å². The maximum atomic E-state index is 14.0. The number of carbonyl (C=O) groups is 3. The Kier molecular flexibility index (Phi) is 10.8. The van der Waals surface area contributed by atoms with Crippen LogP contribution in [0.5, 0.6) is 5.75 Å². The third-order valence-corrected chi connectivity index (χ3v) is 7.42. The number of fused-ring (bicyclic) bond motifs is 1. The number of ketones is 1. The predicted octanol–water partition coefficient (Wildman–Crippen LogP) is 7.01. The predicted molar refractivity (Wildman–Crippen MR) is 179 cm³/mol. The summed E-state index contributed by atoms with van der Waals surface area (Å²) in [6, 6.07) is 18.2. The van der Waals surface area contributed by atoms with Crippen LogP contribution in [0.4, 0.5) is 0 Å². The molecule has 0 aliphatic rings. The first kappa shape index (κ1) is 35.6. The zero-order valence-corrected chi connectivity index (χ0v) is 28.6. The molecule has 1 heterocycles. The molecule has 0 atom stereocenters. The van der Waals surface area contributed by atoms with Crippen LogP contribution in [-0.4, -0.2) is 43.9 Å². The van der Waals surface area contributed by atoms with E-state index in [1.807, 2.05) is 12.1 Å². The van der Waals surface area contributed by atoms with Gasteiger partial charge in [-0.3, -0.25) is 19.2 Å². The van der Waals surface area contributed by atoms with Gasteiger partial charge in [0.2, 0.25) is 0 Å². The summed E-state index contributed by atoms with van der Waals surface area (Å²) < 4.78 is 18.3. The highest BCUT2D eigenvalue weighted by Crippen LogP contribution is 2.36. The Morgan fingerprint density at radius 1 is 0.809 bits per heavy atom. The van der Waals surface area contributed by atoms with Crippen molar-refractivity contribution in [1.29, 1.82) is 0 Å². The van der Waals surface area contributed by atoms with E-state index >= 15 is 0 Å². The van der Waals surface area contributed by atoms with Crippen molar-refractivity contribution in [3.05, 3.63) is 98.3 Å². The summed E-state index contributed by atoms with van der Waals surface area (Å²) in [5.41, 5.74) is -3.25. The van der Waals surface area contributed by atoms with Gasteiger partial charge >= 0.3 is 11.9 Å². The Morgan fingerprint density at radius 2 is 1.43 bits per heavy atom. The lowest BCUT2D eigenvalue weighted by atomic mass is 9.78. The number of esters is 2. The monoisotopic (exact) mass is 681 g/mol. The Morgan fingerprint density at radius 3 is 2.02 bits per heavy atom. The van der Waals surface area contributed by atoms with Crippen molar-refractivity contribution in [1.82, 2.24) is 15.0 Å². The van der Waals surface area contributed by atoms with Crippen molar-refractivity contribution in [3.63, 3.8) is 0 Å². The van der Waals surface area contributed by atoms with Crippen LogP contribution in [0.1, 0.15) is 70.3 Å². The molecule has 0 bridgehead atoms. The van der Waals surface area contributed by atoms with Gasteiger partial charge in [0.05, 0.1) is 5.39 Å². The summed E-state index contributed by atoms with van der Waals surface area (Å²) in [5, 5.41) is 9.21. The van der Waals surface area contributed by atoms with Crippen molar-refractivity contribution in [2.24, 2.45) is 5.41 Å². The second-order valence-electron chi connectivity index (χ2n) is 13.2. The minimum absolute atomic E-state index is 0.210. The number of nitrogens with zero attached hydrogens (tertiary/aromatic N) is 3. The molecular weight excluding hydrogens is 645 g/mol. The third-order valence-electron chi connectivity index (χ3n) is 6.95. The van der Waals surface area contributed by atoms with Gasteiger partial charge in [0.15, 0.2) is 11.2 Å². The smallest absolute Gasteiger partial charge is 0.324 e. The van der Waals surface area contributed by atoms with Gasteiger partial charge in [0, 0.05) is 28.6 Å². The Bertz CT molecular complexity index is 1810. The number of rotatable bonds is 11. The molecule has 3 aromatic carbocycles. The van der Waals surface area contributed by atoms with Crippen molar-refractivity contribution in [3.8, 4) is 5.75 Å². The number of halogens is 2. The molecule has 0 aliphatic heterocycles. The van der Waals surface area contributed by atoms with Gasteiger partial charge in [-0.2, -0.15) is 0 Å². The molecule has 0 unspecified atom stereocenters. The highest BCUT2D eigenvalue weighted by molar-refractivity contribution is 6.31. The average molecular weight is 683 g/mol. The molecule has 12 heteroatoms. The van der Waals surface area contributed by atoms with E-state index in [0.29, 0.717) is 21.3 Å². The second kappa shape index (κ2) is 14.2. The van der Waals surface area contributed by atoms with Gasteiger partial charge in [0.25, 0.3) is 5.56 Å². The molecule has 0 radical (unpaired) electrons. The van der Waals surface area contributed by atoms with E-state index in [1.165, 1.54) is 6.07 Å². The Labute approximate surface area is 282 Å². The third kappa shape index (κ3) is 9.39. The molecule has 10 nitrogen and oxygen atoms in total. The molecular formula is C35H37Cl2N3O7. The maximum Gasteiger partial charge on any atom is 0.324 e. The summed E-state index contributed by atoms with van der Waals surface area (Å²) in [4.78, 5) is 55.1. The lowest BCUT2D eigenvalue weighted by molar-refractivity contribution is -0.186. The van der Waals surface area contributed by atoms with E-state index in [9.17, 15) is 19.2 Å². The van der Waals surface area contributed by atoms with Gasteiger partial charge < -0.3 is 14.2 Å². The standard InChI is InChI=1S/C35H37Cl2N3O7/c1-33(2,3)46-31(43)35(32(44)47-34(4,5)6,16-17-40-30(42)27-19-25(37)12-15-28(27)38-39-40)20-29(41)23-10-13-26(14-11-23)45-21-22-8-7-9-24(36)18-22/h7-15,18-19H,16-17,20-21H2,1-6H3. The number of ether oxygens (including phenoxy) is 3. The van der Waals surface area contributed by atoms with Crippen molar-refractivity contribution in [2.75, 3.05) is 0 Å². The summed E-state index contributed by atoms with van der Waals surface area (Å²) in [6.45, 7) is 9.91. The fraction of sp³-hybridized carbons (Fsp3) is 0.371. The maximum absolute atomic E-state index is 14.0. The minimum atomic E-state index is -2.14. The molecule has 0 aliphatic carbocycles. The molecule has 0 saturated heterocycles. The normalized spacial score (nSPS) is 12.1. The summed E-state index contributed by atoms with van der Waals surface area (Å²) in [7, 11) is 0. The molecule has 0 saturated carbocycles. The van der Waals surface area contributed by atoms with E-state index in [-0.39, 0.29) is 30.5 Å². The molecule has 1 aromatic heterocycles. The van der Waals surface area contributed by atoms with Crippen LogP contribution in [0, 0.1) is 5.41 Å². The fourth-order valence-corrected chi connectivity index (χ4v) is 5.05. The van der Waals surface area contributed by atoms with E-state index in [2.05, 4.69) is 10.3 Å². The van der Waals surface area contributed by atoms with Gasteiger partial charge in [-0.15, -0.1) is 5.10 Å². The van der Waals surface area contributed by atoms with E-state index in [4.69, 9.17) is 37.4 Å². The first-order valence-electron chi connectivity index (χ1n) is 15.0. The molecule has 47 heavy (non-hydrogen) atoms. The topological polar surface area (TPSA) is 127 Å². The van der Waals surface area contributed by atoms with Crippen LogP contribution in [0.25, 0.3) is 10.9 Å². The fourth-order valence-electron chi connectivity index (χ4n) is 4.67. The van der Waals surface area contributed by atoms with Crippen molar-refractivity contribution >= 4 is 51.8 Å². The zero-order chi connectivity index (χ0) is 34.6. The lowest BCUT2D eigenvalue weighted by Gasteiger charge is -2.34. The van der Waals surface area contributed by atoms with Gasteiger partial charge in [-0.1, -0.05) is 40.5 Å². The molecule has 4 aromatic rings. The molecule has 0 spiro atoms. The van der Waals surface area contributed by atoms with E-state index in [1.54, 1.807) is 90.1 Å². The zero-order valence-electron chi connectivity index (χ0n) is 27.1. The number of aryl methyl sites for hydroxylation is 1. The SMILES string of the molecule is CC(C)(C)OC(=O)C(CCn1nnc2ccc(Cl)cc2c1=O)(CC(=O)c1ccc(OCc2cccc(Cl)c2)cc1)C(=O)OC(C)(C)C. The number of aromatic nitrogens is 3. The van der Waals surface area contributed by atoms with Gasteiger partial charge in [-0.05, 0) is 108 Å². The summed E-state index contributed by atoms with van der Waals surface area (Å²) in [6.07, 6.45) is -0.939. The number of Topliss-reactive ketones (excluding diaryl/α,β-unsaturated/α-hetero) is 1. The van der Waals surface area contributed by atoms with Gasteiger partial charge in [0.1, 0.15) is 29.1 Å². The summed E-state index contributed by atoms with van der Waals surface area (Å²) in [5.74, 6) is -1.94. The quantitative estimate of drug-likeness (QED) is 0.0933. The minimum Gasteiger partial charge on any atom is -0.489 e. The lowest BCUT2D eigenvalue weighted by Crippen LogP contribution is -2.49. The number of hydrogen-bond donors (Lipinski definition) is 0. The molecule has 248 valence electrons. The molecule has 0 N–H and O–H groups in total. The second-order valence-corrected chi connectivity index (χ2v) is 14.0. The van der Waals surface area contributed by atoms with Crippen LogP contribution < -0.4 is 10.3 Å². The first-order chi connectivity index (χ1) is 22.0. The van der Waals surface area contributed by atoms with Crippen LogP contribution in [0.2, 0.25) is 10.0 Å². The van der Waals surface area contributed by atoms with Crippen LogP contribution >= 0.6 is 23.2 Å². The van der Waals surface area contributed by atoms with Crippen LogP contribution in [-0.2, 0) is 32.2 Å². The molecule has 0 amide bonds. The number of carbonyl (C=O) groups excluding carboxylic acids is 3.